The number of hydrogen-bond acceptors (Lipinski definition) is 3. The van der Waals surface area contributed by atoms with Crippen LogP contribution in [0.25, 0.3) is 0 Å². The third kappa shape index (κ3) is 2.74. The van der Waals surface area contributed by atoms with Crippen molar-refractivity contribution >= 4 is 11.5 Å². The zero-order valence-electron chi connectivity index (χ0n) is 11.9. The molecule has 1 aromatic carbocycles. The number of oxime groups is 1. The van der Waals surface area contributed by atoms with E-state index in [1.54, 1.807) is 0 Å². The number of nitrogens with zero attached hydrogens (tertiary/aromatic N) is 2. The third-order valence-electron chi connectivity index (χ3n) is 4.62. The van der Waals surface area contributed by atoms with Crippen molar-refractivity contribution in [1.82, 2.24) is 0 Å². The smallest absolute Gasteiger partial charge is 0.139 e. The van der Waals surface area contributed by atoms with Crippen LogP contribution in [0.5, 0.6) is 0 Å². The first-order valence-electron chi connectivity index (χ1n) is 7.52. The van der Waals surface area contributed by atoms with Crippen LogP contribution in [0.15, 0.2) is 29.4 Å². The van der Waals surface area contributed by atoms with Crippen molar-refractivity contribution in [3.63, 3.8) is 0 Å². The van der Waals surface area contributed by atoms with Crippen LogP contribution in [0.4, 0.5) is 5.69 Å². The molecule has 0 radical (unpaired) electrons. The average molecular weight is 273 g/mol. The maximum Gasteiger partial charge on any atom is 0.139 e. The van der Waals surface area contributed by atoms with Gasteiger partial charge >= 0.3 is 0 Å². The summed E-state index contributed by atoms with van der Waals surface area (Å²) in [5.41, 5.74) is 8.79. The average Bonchev–Trinajstić information content (AvgIpc) is 3.24. The molecule has 1 heterocycles. The second-order valence-corrected chi connectivity index (χ2v) is 6.28. The Balaban J connectivity index is 1.77. The van der Waals surface area contributed by atoms with E-state index in [0.29, 0.717) is 12.3 Å². The standard InChI is InChI=1S/C16H23N3O/c17-15(18-20)11-16(8-9-16)12-19-10-4-3-6-13-5-1-2-7-14(13)19/h1-2,5,7,20H,3-4,6,8-12H2,(H2,17,18). The normalized spacial score (nSPS) is 21.2. The van der Waals surface area contributed by atoms with Crippen LogP contribution in [0.1, 0.15) is 37.7 Å². The molecule has 1 aliphatic carbocycles. The van der Waals surface area contributed by atoms with E-state index in [1.165, 1.54) is 43.4 Å². The van der Waals surface area contributed by atoms with Crippen molar-refractivity contribution < 1.29 is 5.21 Å². The van der Waals surface area contributed by atoms with E-state index in [4.69, 9.17) is 10.9 Å². The fourth-order valence-electron chi connectivity index (χ4n) is 3.33. The first-order valence-corrected chi connectivity index (χ1v) is 7.52. The lowest BCUT2D eigenvalue weighted by atomic mass is 10.00. The highest BCUT2D eigenvalue weighted by Crippen LogP contribution is 2.50. The van der Waals surface area contributed by atoms with Gasteiger partial charge in [0.05, 0.1) is 0 Å². The molecule has 0 bridgehead atoms. The number of hydrogen-bond donors (Lipinski definition) is 2. The van der Waals surface area contributed by atoms with E-state index >= 15 is 0 Å². The molecular formula is C16H23N3O. The zero-order valence-corrected chi connectivity index (χ0v) is 11.9. The van der Waals surface area contributed by atoms with Crippen LogP contribution < -0.4 is 10.6 Å². The number of aryl methyl sites for hydroxylation is 1. The highest BCUT2D eigenvalue weighted by atomic mass is 16.4. The summed E-state index contributed by atoms with van der Waals surface area (Å²) in [5, 5.41) is 11.9. The van der Waals surface area contributed by atoms with Crippen LogP contribution in [-0.2, 0) is 6.42 Å². The van der Waals surface area contributed by atoms with Crippen molar-refractivity contribution in [3.8, 4) is 0 Å². The molecule has 0 spiro atoms. The van der Waals surface area contributed by atoms with Gasteiger partial charge in [-0.1, -0.05) is 23.4 Å². The molecule has 0 atom stereocenters. The van der Waals surface area contributed by atoms with Crippen molar-refractivity contribution in [2.24, 2.45) is 16.3 Å². The van der Waals surface area contributed by atoms with Gasteiger partial charge in [0, 0.05) is 25.2 Å². The SMILES string of the molecule is NC(CC1(CN2CCCCc3ccccc32)CC1)=NO. The van der Waals surface area contributed by atoms with Gasteiger partial charge in [-0.3, -0.25) is 0 Å². The molecule has 0 unspecified atom stereocenters. The van der Waals surface area contributed by atoms with Crippen LogP contribution in [0.3, 0.4) is 0 Å². The fourth-order valence-corrected chi connectivity index (χ4v) is 3.33. The first-order chi connectivity index (χ1) is 9.72. The molecule has 2 aliphatic rings. The summed E-state index contributed by atoms with van der Waals surface area (Å²) in [4.78, 5) is 2.51. The van der Waals surface area contributed by atoms with Crippen LogP contribution in [-0.4, -0.2) is 24.1 Å². The summed E-state index contributed by atoms with van der Waals surface area (Å²) >= 11 is 0. The molecule has 1 fully saturated rings. The Morgan fingerprint density at radius 1 is 1.30 bits per heavy atom. The van der Waals surface area contributed by atoms with Crippen LogP contribution in [0.2, 0.25) is 0 Å². The van der Waals surface area contributed by atoms with Crippen molar-refractivity contribution in [2.75, 3.05) is 18.0 Å². The van der Waals surface area contributed by atoms with Crippen LogP contribution >= 0.6 is 0 Å². The predicted octanol–water partition coefficient (Wildman–Crippen LogP) is 2.75. The van der Waals surface area contributed by atoms with Gasteiger partial charge in [-0.2, -0.15) is 0 Å². The minimum atomic E-state index is 0.230. The van der Waals surface area contributed by atoms with Gasteiger partial charge in [-0.05, 0) is 49.1 Å². The van der Waals surface area contributed by atoms with E-state index < -0.39 is 0 Å². The summed E-state index contributed by atoms with van der Waals surface area (Å²) in [6, 6.07) is 8.74. The molecule has 0 amide bonds. The van der Waals surface area contributed by atoms with Crippen molar-refractivity contribution in [2.45, 2.75) is 38.5 Å². The molecule has 1 aromatic rings. The Hall–Kier alpha value is -1.71. The summed E-state index contributed by atoms with van der Waals surface area (Å²) in [6.45, 7) is 2.15. The molecule has 4 nitrogen and oxygen atoms in total. The molecular weight excluding hydrogens is 250 g/mol. The predicted molar refractivity (Wildman–Crippen MR) is 81.3 cm³/mol. The molecule has 3 rings (SSSR count). The number of amidine groups is 1. The van der Waals surface area contributed by atoms with Gasteiger partial charge in [0.1, 0.15) is 5.84 Å². The summed E-state index contributed by atoms with van der Waals surface area (Å²) < 4.78 is 0. The minimum absolute atomic E-state index is 0.230. The first kappa shape index (κ1) is 13.3. The monoisotopic (exact) mass is 273 g/mol. The summed E-state index contributed by atoms with van der Waals surface area (Å²) in [6.07, 6.45) is 6.76. The molecule has 1 aliphatic heterocycles. The Labute approximate surface area is 120 Å². The molecule has 3 N–H and O–H groups in total. The van der Waals surface area contributed by atoms with E-state index in [-0.39, 0.29) is 5.41 Å². The fraction of sp³-hybridized carbons (Fsp3) is 0.562. The highest BCUT2D eigenvalue weighted by Gasteiger charge is 2.45. The van der Waals surface area contributed by atoms with Gasteiger partial charge in [0.15, 0.2) is 0 Å². The lowest BCUT2D eigenvalue weighted by molar-refractivity contribution is 0.314. The quantitative estimate of drug-likeness (QED) is 0.384. The summed E-state index contributed by atoms with van der Waals surface area (Å²) in [7, 11) is 0. The number of para-hydroxylation sites is 1. The number of nitrogens with two attached hydrogens (primary N) is 1. The summed E-state index contributed by atoms with van der Waals surface area (Å²) in [5.74, 6) is 0.366. The number of fused-ring (bicyclic) bond motifs is 1. The van der Waals surface area contributed by atoms with Gasteiger partial charge in [0.25, 0.3) is 0 Å². The van der Waals surface area contributed by atoms with Gasteiger partial charge in [-0.15, -0.1) is 0 Å². The topological polar surface area (TPSA) is 61.8 Å². The molecule has 0 aromatic heterocycles. The van der Waals surface area contributed by atoms with E-state index in [0.717, 1.165) is 13.1 Å². The van der Waals surface area contributed by atoms with Crippen LogP contribution in [0, 0.1) is 5.41 Å². The number of benzene rings is 1. The Morgan fingerprint density at radius 2 is 2.10 bits per heavy atom. The zero-order chi connectivity index (χ0) is 14.0. The molecule has 20 heavy (non-hydrogen) atoms. The van der Waals surface area contributed by atoms with Gasteiger partial charge in [-0.25, -0.2) is 0 Å². The Morgan fingerprint density at radius 3 is 2.85 bits per heavy atom. The third-order valence-corrected chi connectivity index (χ3v) is 4.62. The van der Waals surface area contributed by atoms with E-state index in [1.807, 2.05) is 0 Å². The lowest BCUT2D eigenvalue weighted by Crippen LogP contribution is -2.33. The Kier molecular flexibility index (Phi) is 3.55. The minimum Gasteiger partial charge on any atom is -0.409 e. The maximum absolute atomic E-state index is 8.78. The number of rotatable bonds is 4. The molecule has 108 valence electrons. The lowest BCUT2D eigenvalue weighted by Gasteiger charge is -2.29. The van der Waals surface area contributed by atoms with Crippen molar-refractivity contribution in [1.29, 1.82) is 0 Å². The number of anilines is 1. The molecule has 0 saturated heterocycles. The largest absolute Gasteiger partial charge is 0.409 e. The van der Waals surface area contributed by atoms with Crippen molar-refractivity contribution in [3.05, 3.63) is 29.8 Å². The maximum atomic E-state index is 8.78. The van der Waals surface area contributed by atoms with E-state index in [9.17, 15) is 0 Å². The highest BCUT2D eigenvalue weighted by molar-refractivity contribution is 5.80. The Bertz CT molecular complexity index is 508. The molecule has 1 saturated carbocycles. The van der Waals surface area contributed by atoms with E-state index in [2.05, 4.69) is 34.3 Å². The molecule has 4 heteroatoms. The van der Waals surface area contributed by atoms with Gasteiger partial charge < -0.3 is 15.8 Å². The second kappa shape index (κ2) is 5.35. The second-order valence-electron chi connectivity index (χ2n) is 6.28. The van der Waals surface area contributed by atoms with Gasteiger partial charge in [0.2, 0.25) is 0 Å².